The van der Waals surface area contributed by atoms with Crippen LogP contribution >= 0.6 is 0 Å². The molecule has 0 saturated heterocycles. The Kier molecular flexibility index (Phi) is 8.60. The van der Waals surface area contributed by atoms with Gasteiger partial charge in [0, 0.05) is 38.1 Å². The van der Waals surface area contributed by atoms with E-state index >= 15 is 0 Å². The van der Waals surface area contributed by atoms with Crippen molar-refractivity contribution in [3.05, 3.63) is 29.8 Å². The highest BCUT2D eigenvalue weighted by Gasteiger charge is 2.39. The van der Waals surface area contributed by atoms with Crippen LogP contribution in [0.1, 0.15) is 32.8 Å². The van der Waals surface area contributed by atoms with Gasteiger partial charge in [-0.3, -0.25) is 0 Å². The van der Waals surface area contributed by atoms with E-state index in [2.05, 4.69) is 36.5 Å². The number of rotatable bonds is 11. The third kappa shape index (κ3) is 6.61. The molecule has 4 nitrogen and oxygen atoms in total. The topological polar surface area (TPSA) is 39.7 Å². The van der Waals surface area contributed by atoms with Crippen LogP contribution in [-0.2, 0) is 13.3 Å². The zero-order valence-electron chi connectivity index (χ0n) is 13.8. The van der Waals surface area contributed by atoms with Gasteiger partial charge in [-0.15, -0.1) is 0 Å². The zero-order valence-corrected chi connectivity index (χ0v) is 14.8. The van der Waals surface area contributed by atoms with Crippen molar-refractivity contribution >= 4 is 14.5 Å². The molecule has 0 radical (unpaired) electrons. The maximum absolute atomic E-state index is 5.85. The van der Waals surface area contributed by atoms with Gasteiger partial charge in [-0.25, -0.2) is 0 Å². The molecule has 0 heterocycles. The van der Waals surface area contributed by atoms with E-state index in [1.54, 1.807) is 0 Å². The molecular weight excluding hydrogens is 282 g/mol. The molecule has 0 aliphatic rings. The second kappa shape index (κ2) is 9.95. The number of aryl methyl sites for hydroxylation is 1. The minimum absolute atomic E-state index is 0.636. The second-order valence-corrected chi connectivity index (χ2v) is 7.61. The van der Waals surface area contributed by atoms with Gasteiger partial charge in [0.05, 0.1) is 0 Å². The summed E-state index contributed by atoms with van der Waals surface area (Å²) in [5.41, 5.74) is 2.42. The highest BCUT2D eigenvalue weighted by atomic mass is 28.4. The summed E-state index contributed by atoms with van der Waals surface area (Å²) < 4.78 is 17.5. The van der Waals surface area contributed by atoms with Gasteiger partial charge in [0.25, 0.3) is 0 Å². The fourth-order valence-electron chi connectivity index (χ4n) is 2.29. The average Bonchev–Trinajstić information content (AvgIpc) is 2.45. The lowest BCUT2D eigenvalue weighted by Gasteiger charge is -2.28. The van der Waals surface area contributed by atoms with Crippen molar-refractivity contribution in [2.45, 2.75) is 40.2 Å². The normalized spacial score (nSPS) is 11.6. The molecule has 0 atom stereocenters. The van der Waals surface area contributed by atoms with E-state index in [1.807, 2.05) is 20.8 Å². The lowest BCUT2D eigenvalue weighted by molar-refractivity contribution is 0.0710. The molecule has 0 aliphatic carbocycles. The number of benzene rings is 1. The summed E-state index contributed by atoms with van der Waals surface area (Å²) in [4.78, 5) is 0. The molecule has 1 N–H and O–H groups in total. The summed E-state index contributed by atoms with van der Waals surface area (Å²) in [5, 5.41) is 3.44. The van der Waals surface area contributed by atoms with Gasteiger partial charge in [-0.2, -0.15) is 0 Å². The molecule has 5 heteroatoms. The van der Waals surface area contributed by atoms with Crippen molar-refractivity contribution < 1.29 is 13.3 Å². The summed E-state index contributed by atoms with van der Waals surface area (Å²) in [6.07, 6.45) is 0.972. The van der Waals surface area contributed by atoms with Crippen LogP contribution in [0.2, 0.25) is 6.04 Å². The molecule has 0 fully saturated rings. The minimum Gasteiger partial charge on any atom is -0.385 e. The highest BCUT2D eigenvalue weighted by molar-refractivity contribution is 6.60. The van der Waals surface area contributed by atoms with Crippen LogP contribution in [0.25, 0.3) is 0 Å². The van der Waals surface area contributed by atoms with Gasteiger partial charge in [0.15, 0.2) is 0 Å². The Morgan fingerprint density at radius 2 is 1.62 bits per heavy atom. The minimum atomic E-state index is -2.48. The predicted octanol–water partition coefficient (Wildman–Crippen LogP) is 3.85. The van der Waals surface area contributed by atoms with E-state index < -0.39 is 8.80 Å². The summed E-state index contributed by atoms with van der Waals surface area (Å²) in [6, 6.07) is 9.25. The van der Waals surface area contributed by atoms with Crippen LogP contribution in [0.15, 0.2) is 24.3 Å². The molecule has 120 valence electrons. The number of hydrogen-bond acceptors (Lipinski definition) is 4. The first kappa shape index (κ1) is 18.2. The van der Waals surface area contributed by atoms with Crippen LogP contribution in [0, 0.1) is 6.92 Å². The van der Waals surface area contributed by atoms with E-state index in [0.29, 0.717) is 19.8 Å². The molecular formula is C16H29NO3Si. The van der Waals surface area contributed by atoms with E-state index in [4.69, 9.17) is 13.3 Å². The molecule has 21 heavy (non-hydrogen) atoms. The molecule has 0 aromatic heterocycles. The molecule has 0 saturated carbocycles. The summed E-state index contributed by atoms with van der Waals surface area (Å²) in [5.74, 6) is 0. The Bertz CT molecular complexity index is 384. The Morgan fingerprint density at radius 1 is 1.00 bits per heavy atom. The van der Waals surface area contributed by atoms with Crippen molar-refractivity contribution in [2.75, 3.05) is 31.7 Å². The van der Waals surface area contributed by atoms with Gasteiger partial charge >= 0.3 is 8.80 Å². The van der Waals surface area contributed by atoms with E-state index in [-0.39, 0.29) is 0 Å². The molecule has 0 spiro atoms. The maximum Gasteiger partial charge on any atom is 0.500 e. The number of anilines is 1. The highest BCUT2D eigenvalue weighted by Crippen LogP contribution is 2.18. The van der Waals surface area contributed by atoms with Gasteiger partial charge in [-0.1, -0.05) is 12.1 Å². The van der Waals surface area contributed by atoms with Gasteiger partial charge in [0.1, 0.15) is 0 Å². The molecule has 0 aliphatic heterocycles. The number of nitrogens with one attached hydrogen (secondary N) is 1. The molecule has 1 aromatic carbocycles. The quantitative estimate of drug-likeness (QED) is 0.498. The Balaban J connectivity index is 2.45. The van der Waals surface area contributed by atoms with Crippen LogP contribution in [0.3, 0.4) is 0 Å². The van der Waals surface area contributed by atoms with Crippen molar-refractivity contribution in [3.63, 3.8) is 0 Å². The van der Waals surface area contributed by atoms with Crippen molar-refractivity contribution in [2.24, 2.45) is 0 Å². The van der Waals surface area contributed by atoms with E-state index in [9.17, 15) is 0 Å². The van der Waals surface area contributed by atoms with Crippen LogP contribution in [0.5, 0.6) is 0 Å². The molecule has 1 rings (SSSR count). The fourth-order valence-corrected chi connectivity index (χ4v) is 4.91. The first-order chi connectivity index (χ1) is 10.2. The van der Waals surface area contributed by atoms with Gasteiger partial charge in [0.2, 0.25) is 0 Å². The third-order valence-corrected chi connectivity index (χ3v) is 6.25. The zero-order chi connectivity index (χ0) is 15.6. The van der Waals surface area contributed by atoms with Crippen molar-refractivity contribution in [1.29, 1.82) is 0 Å². The van der Waals surface area contributed by atoms with E-state index in [1.165, 1.54) is 5.56 Å². The monoisotopic (exact) mass is 311 g/mol. The van der Waals surface area contributed by atoms with Crippen LogP contribution < -0.4 is 5.32 Å². The first-order valence-electron chi connectivity index (χ1n) is 7.88. The Labute approximate surface area is 130 Å². The van der Waals surface area contributed by atoms with E-state index in [0.717, 1.165) is 24.7 Å². The molecule has 0 amide bonds. The maximum atomic E-state index is 5.85. The fraction of sp³-hybridized carbons (Fsp3) is 0.625. The van der Waals surface area contributed by atoms with Crippen LogP contribution in [-0.4, -0.2) is 35.2 Å². The van der Waals surface area contributed by atoms with Gasteiger partial charge < -0.3 is 18.6 Å². The Hall–Kier alpha value is -0.883. The number of hydrogen-bond donors (Lipinski definition) is 1. The largest absolute Gasteiger partial charge is 0.500 e. The van der Waals surface area contributed by atoms with Crippen molar-refractivity contribution in [1.82, 2.24) is 0 Å². The molecule has 1 aromatic rings. The standard InChI is InChI=1S/C16H29NO3Si/c1-5-18-21(19-6-2,20-7-3)13-9-12-17-16-11-8-10-15(4)14-16/h8,10-11,14,17H,5-7,9,12-13H2,1-4H3. The average molecular weight is 311 g/mol. The lowest BCUT2D eigenvalue weighted by Crippen LogP contribution is -2.46. The molecule has 0 unspecified atom stereocenters. The smallest absolute Gasteiger partial charge is 0.385 e. The predicted molar refractivity (Wildman–Crippen MR) is 89.7 cm³/mol. The summed E-state index contributed by atoms with van der Waals surface area (Å²) in [7, 11) is -2.48. The third-order valence-electron chi connectivity index (χ3n) is 3.10. The van der Waals surface area contributed by atoms with Crippen LogP contribution in [0.4, 0.5) is 5.69 Å². The summed E-state index contributed by atoms with van der Waals surface area (Å²) in [6.45, 7) is 10.9. The van der Waals surface area contributed by atoms with Crippen molar-refractivity contribution in [3.8, 4) is 0 Å². The van der Waals surface area contributed by atoms with Gasteiger partial charge in [-0.05, 0) is 51.8 Å². The first-order valence-corrected chi connectivity index (χ1v) is 9.81. The Morgan fingerprint density at radius 3 is 2.14 bits per heavy atom. The SMILES string of the molecule is CCO[Si](CCCNc1cccc(C)c1)(OCC)OCC. The summed E-state index contributed by atoms with van der Waals surface area (Å²) >= 11 is 0. The second-order valence-electron chi connectivity index (χ2n) is 4.88. The lowest BCUT2D eigenvalue weighted by atomic mass is 10.2. The molecule has 0 bridgehead atoms.